The highest BCUT2D eigenvalue weighted by molar-refractivity contribution is 5.29. The van der Waals surface area contributed by atoms with Crippen LogP contribution in [0.2, 0.25) is 0 Å². The summed E-state index contributed by atoms with van der Waals surface area (Å²) >= 11 is 0. The second-order valence-electron chi connectivity index (χ2n) is 5.16. The Balaban J connectivity index is 1.95. The van der Waals surface area contributed by atoms with Crippen LogP contribution >= 0.6 is 0 Å². The molecule has 1 fully saturated rings. The molecule has 1 aliphatic heterocycles. The molecule has 0 aliphatic carbocycles. The minimum atomic E-state index is 0.248. The van der Waals surface area contributed by atoms with Gasteiger partial charge in [0.2, 0.25) is 0 Å². The monoisotopic (exact) mass is 233 g/mol. The molecule has 0 aromatic heterocycles. The quantitative estimate of drug-likeness (QED) is 0.862. The van der Waals surface area contributed by atoms with Gasteiger partial charge in [-0.1, -0.05) is 18.6 Å². The Morgan fingerprint density at radius 2 is 2.24 bits per heavy atom. The third-order valence-electron chi connectivity index (χ3n) is 3.16. The highest BCUT2D eigenvalue weighted by atomic mass is 16.5. The molecule has 1 saturated heterocycles. The predicted octanol–water partition coefficient (Wildman–Crippen LogP) is 3.16. The smallest absolute Gasteiger partial charge is 0.119 e. The number of nitrogens with one attached hydrogen (secondary N) is 1. The van der Waals surface area contributed by atoms with Crippen molar-refractivity contribution in [3.8, 4) is 5.75 Å². The fourth-order valence-corrected chi connectivity index (χ4v) is 2.40. The first-order valence-electron chi connectivity index (χ1n) is 6.73. The third-order valence-corrected chi connectivity index (χ3v) is 3.16. The van der Waals surface area contributed by atoms with E-state index in [1.165, 1.54) is 31.4 Å². The minimum absolute atomic E-state index is 0.248. The number of ether oxygens (including phenoxy) is 1. The molecule has 2 heteroatoms. The van der Waals surface area contributed by atoms with E-state index >= 15 is 0 Å². The molecule has 1 N–H and O–H groups in total. The van der Waals surface area contributed by atoms with Crippen LogP contribution in [0.1, 0.15) is 38.7 Å². The first-order valence-corrected chi connectivity index (χ1v) is 6.73. The molecule has 0 amide bonds. The van der Waals surface area contributed by atoms with Crippen LogP contribution in [-0.2, 0) is 6.42 Å². The van der Waals surface area contributed by atoms with E-state index in [0.717, 1.165) is 12.2 Å². The molecule has 1 atom stereocenters. The molecular weight excluding hydrogens is 210 g/mol. The van der Waals surface area contributed by atoms with Crippen molar-refractivity contribution in [1.29, 1.82) is 0 Å². The Kier molecular flexibility index (Phi) is 4.43. The van der Waals surface area contributed by atoms with Crippen LogP contribution in [0.3, 0.4) is 0 Å². The lowest BCUT2D eigenvalue weighted by atomic mass is 9.98. The van der Waals surface area contributed by atoms with Gasteiger partial charge in [-0.15, -0.1) is 0 Å². The maximum atomic E-state index is 5.72. The number of rotatable bonds is 4. The molecule has 1 aromatic carbocycles. The summed E-state index contributed by atoms with van der Waals surface area (Å²) in [6, 6.07) is 9.16. The Bertz CT molecular complexity index is 343. The molecule has 0 spiro atoms. The molecule has 1 aliphatic rings. The van der Waals surface area contributed by atoms with Crippen molar-refractivity contribution < 1.29 is 4.74 Å². The summed E-state index contributed by atoms with van der Waals surface area (Å²) in [5.41, 5.74) is 1.38. The van der Waals surface area contributed by atoms with Crippen molar-refractivity contribution in [2.45, 2.75) is 51.7 Å². The van der Waals surface area contributed by atoms with Crippen LogP contribution in [0.25, 0.3) is 0 Å². The van der Waals surface area contributed by atoms with Gasteiger partial charge < -0.3 is 10.1 Å². The van der Waals surface area contributed by atoms with Crippen molar-refractivity contribution >= 4 is 0 Å². The summed E-state index contributed by atoms with van der Waals surface area (Å²) < 4.78 is 5.72. The maximum Gasteiger partial charge on any atom is 0.119 e. The van der Waals surface area contributed by atoms with Crippen molar-refractivity contribution in [1.82, 2.24) is 5.32 Å². The topological polar surface area (TPSA) is 21.3 Å². The summed E-state index contributed by atoms with van der Waals surface area (Å²) in [6.07, 6.45) is 5.36. The molecule has 2 rings (SSSR count). The van der Waals surface area contributed by atoms with Crippen molar-refractivity contribution in [2.24, 2.45) is 0 Å². The molecule has 1 heterocycles. The zero-order valence-electron chi connectivity index (χ0n) is 10.9. The van der Waals surface area contributed by atoms with E-state index < -0.39 is 0 Å². The summed E-state index contributed by atoms with van der Waals surface area (Å²) in [6.45, 7) is 5.30. The number of piperidine rings is 1. The minimum Gasteiger partial charge on any atom is -0.491 e. The average molecular weight is 233 g/mol. The predicted molar refractivity (Wildman–Crippen MR) is 71.6 cm³/mol. The molecule has 1 unspecified atom stereocenters. The highest BCUT2D eigenvalue weighted by Gasteiger charge is 2.13. The molecule has 0 saturated carbocycles. The molecule has 94 valence electrons. The Morgan fingerprint density at radius 3 is 2.94 bits per heavy atom. The van der Waals surface area contributed by atoms with E-state index in [0.29, 0.717) is 6.04 Å². The lowest BCUT2D eigenvalue weighted by molar-refractivity contribution is 0.242. The van der Waals surface area contributed by atoms with E-state index in [-0.39, 0.29) is 6.10 Å². The summed E-state index contributed by atoms with van der Waals surface area (Å²) in [4.78, 5) is 0. The fraction of sp³-hybridized carbons (Fsp3) is 0.600. The van der Waals surface area contributed by atoms with E-state index in [2.05, 4.69) is 37.4 Å². The Morgan fingerprint density at radius 1 is 1.35 bits per heavy atom. The number of hydrogen-bond acceptors (Lipinski definition) is 2. The van der Waals surface area contributed by atoms with Crippen LogP contribution in [-0.4, -0.2) is 18.7 Å². The second-order valence-corrected chi connectivity index (χ2v) is 5.16. The van der Waals surface area contributed by atoms with Gasteiger partial charge in [0.15, 0.2) is 0 Å². The molecule has 2 nitrogen and oxygen atoms in total. The van der Waals surface area contributed by atoms with Gasteiger partial charge in [0, 0.05) is 6.04 Å². The van der Waals surface area contributed by atoms with Gasteiger partial charge in [-0.05, 0) is 57.4 Å². The maximum absolute atomic E-state index is 5.72. The van der Waals surface area contributed by atoms with Crippen LogP contribution in [0.15, 0.2) is 24.3 Å². The zero-order valence-corrected chi connectivity index (χ0v) is 10.9. The van der Waals surface area contributed by atoms with Crippen molar-refractivity contribution in [2.75, 3.05) is 6.54 Å². The van der Waals surface area contributed by atoms with Gasteiger partial charge in [-0.3, -0.25) is 0 Å². The normalized spacial score (nSPS) is 20.5. The summed E-state index contributed by atoms with van der Waals surface area (Å²) in [5.74, 6) is 0.994. The SMILES string of the molecule is CC(C)Oc1cccc(CC2CCCCN2)c1. The van der Waals surface area contributed by atoms with Gasteiger partial charge in [-0.2, -0.15) is 0 Å². The van der Waals surface area contributed by atoms with Gasteiger partial charge in [0.05, 0.1) is 6.10 Å². The molecular formula is C15H23NO. The molecule has 1 aromatic rings. The fourth-order valence-electron chi connectivity index (χ4n) is 2.40. The van der Waals surface area contributed by atoms with E-state index in [4.69, 9.17) is 4.74 Å². The van der Waals surface area contributed by atoms with Gasteiger partial charge in [-0.25, -0.2) is 0 Å². The lowest BCUT2D eigenvalue weighted by Crippen LogP contribution is -2.35. The van der Waals surface area contributed by atoms with E-state index in [1.54, 1.807) is 0 Å². The van der Waals surface area contributed by atoms with Crippen molar-refractivity contribution in [3.63, 3.8) is 0 Å². The first kappa shape index (κ1) is 12.4. The van der Waals surface area contributed by atoms with E-state index in [9.17, 15) is 0 Å². The molecule has 17 heavy (non-hydrogen) atoms. The van der Waals surface area contributed by atoms with E-state index in [1.807, 2.05) is 6.07 Å². The number of benzene rings is 1. The van der Waals surface area contributed by atoms with Gasteiger partial charge in [0.25, 0.3) is 0 Å². The van der Waals surface area contributed by atoms with Crippen molar-refractivity contribution in [3.05, 3.63) is 29.8 Å². The van der Waals surface area contributed by atoms with Crippen LogP contribution in [0.4, 0.5) is 0 Å². The Labute approximate surface area is 104 Å². The average Bonchev–Trinajstić information content (AvgIpc) is 2.30. The van der Waals surface area contributed by atoms with Gasteiger partial charge >= 0.3 is 0 Å². The summed E-state index contributed by atoms with van der Waals surface area (Å²) in [7, 11) is 0. The molecule has 0 radical (unpaired) electrons. The summed E-state index contributed by atoms with van der Waals surface area (Å²) in [5, 5.41) is 3.59. The van der Waals surface area contributed by atoms with Crippen LogP contribution in [0, 0.1) is 0 Å². The number of hydrogen-bond donors (Lipinski definition) is 1. The molecule has 0 bridgehead atoms. The van der Waals surface area contributed by atoms with Crippen LogP contribution < -0.4 is 10.1 Å². The lowest BCUT2D eigenvalue weighted by Gasteiger charge is -2.23. The largest absolute Gasteiger partial charge is 0.491 e. The van der Waals surface area contributed by atoms with Gasteiger partial charge in [0.1, 0.15) is 5.75 Å². The second kappa shape index (κ2) is 6.06. The first-order chi connectivity index (χ1) is 8.24. The standard InChI is InChI=1S/C15H23NO/c1-12(2)17-15-8-5-6-13(11-15)10-14-7-3-4-9-16-14/h5-6,8,11-12,14,16H,3-4,7,9-10H2,1-2H3. The Hall–Kier alpha value is -1.02. The third kappa shape index (κ3) is 4.04. The van der Waals surface area contributed by atoms with Crippen LogP contribution in [0.5, 0.6) is 5.75 Å². The highest BCUT2D eigenvalue weighted by Crippen LogP contribution is 2.18. The zero-order chi connectivity index (χ0) is 12.1.